The van der Waals surface area contributed by atoms with Crippen molar-refractivity contribution in [1.29, 1.82) is 0 Å². The first-order chi connectivity index (χ1) is 19.5. The highest BCUT2D eigenvalue weighted by Gasteiger charge is 2.21. The van der Waals surface area contributed by atoms with Crippen LogP contribution in [0.4, 0.5) is 16.2 Å². The zero-order chi connectivity index (χ0) is 27.7. The van der Waals surface area contributed by atoms with E-state index in [1.54, 1.807) is 23.1 Å². The van der Waals surface area contributed by atoms with E-state index in [4.69, 9.17) is 9.72 Å². The van der Waals surface area contributed by atoms with E-state index in [-0.39, 0.29) is 6.03 Å². The number of hydrogen-bond acceptors (Lipinski definition) is 9. The standard InChI is InChI=1S/C29H33N7O2S2/c1-36(2)17-6-18-38-22-11-9-20(10-12-22)26-34-25-24(14-16-31-27(25)40-26)30-15-13-23-19-32-29(39-23)35-28(37)33-21-7-4-3-5-8-21/h3-5,7-12,14,16,23H,6,13,15,17-19H2,1-2H3,(H,30,31)(H2,32,33,35,37). The monoisotopic (exact) mass is 575 g/mol. The molecule has 1 aliphatic heterocycles. The van der Waals surface area contributed by atoms with Crippen LogP contribution in [0.5, 0.6) is 5.75 Å². The normalized spacial score (nSPS) is 14.8. The molecule has 1 unspecified atom stereocenters. The highest BCUT2D eigenvalue weighted by molar-refractivity contribution is 8.14. The Hall–Kier alpha value is -3.67. The second kappa shape index (κ2) is 13.6. The van der Waals surface area contributed by atoms with Gasteiger partial charge < -0.3 is 20.3 Å². The fourth-order valence-corrected chi connectivity index (χ4v) is 6.09. The molecule has 3 heterocycles. The summed E-state index contributed by atoms with van der Waals surface area (Å²) in [7, 11) is 4.13. The number of nitrogens with zero attached hydrogens (tertiary/aromatic N) is 4. The predicted octanol–water partition coefficient (Wildman–Crippen LogP) is 5.78. The number of thioether (sulfide) groups is 1. The number of thiazole rings is 1. The highest BCUT2D eigenvalue weighted by atomic mass is 32.2. The Balaban J connectivity index is 1.10. The molecule has 0 radical (unpaired) electrons. The van der Waals surface area contributed by atoms with Crippen molar-refractivity contribution in [3.05, 3.63) is 66.9 Å². The molecule has 5 rings (SSSR count). The van der Waals surface area contributed by atoms with E-state index < -0.39 is 0 Å². The number of urea groups is 1. The number of anilines is 2. The number of rotatable bonds is 11. The highest BCUT2D eigenvalue weighted by Crippen LogP contribution is 2.33. The van der Waals surface area contributed by atoms with Gasteiger partial charge in [0.25, 0.3) is 0 Å². The minimum absolute atomic E-state index is 0.281. The van der Waals surface area contributed by atoms with Crippen LogP contribution in [0.3, 0.4) is 0 Å². The number of amides is 2. The molecule has 9 nitrogen and oxygen atoms in total. The number of aromatic nitrogens is 2. The van der Waals surface area contributed by atoms with Crippen molar-refractivity contribution in [2.24, 2.45) is 4.99 Å². The molecule has 11 heteroatoms. The molecule has 208 valence electrons. The van der Waals surface area contributed by atoms with Crippen LogP contribution in [0.1, 0.15) is 12.8 Å². The topological polar surface area (TPSA) is 104 Å². The minimum atomic E-state index is -0.281. The SMILES string of the molecule is CN(C)CCCOc1ccc(-c2nc3c(NCCC4CN=C(NC(=O)Nc5ccccc5)S4)ccnc3s2)cc1. The summed E-state index contributed by atoms with van der Waals surface area (Å²) in [6, 6.07) is 19.2. The smallest absolute Gasteiger partial charge is 0.325 e. The lowest BCUT2D eigenvalue weighted by Crippen LogP contribution is -2.32. The second-order valence-electron chi connectivity index (χ2n) is 9.61. The van der Waals surface area contributed by atoms with Gasteiger partial charge in [0.05, 0.1) is 18.8 Å². The molecule has 2 aromatic carbocycles. The molecule has 40 heavy (non-hydrogen) atoms. The van der Waals surface area contributed by atoms with Gasteiger partial charge in [-0.25, -0.2) is 14.8 Å². The van der Waals surface area contributed by atoms with Gasteiger partial charge in [0.2, 0.25) is 0 Å². The van der Waals surface area contributed by atoms with Crippen molar-refractivity contribution in [2.75, 3.05) is 51.0 Å². The molecule has 0 aliphatic carbocycles. The van der Waals surface area contributed by atoms with Crippen LogP contribution >= 0.6 is 23.1 Å². The number of benzene rings is 2. The molecular weight excluding hydrogens is 543 g/mol. The van der Waals surface area contributed by atoms with E-state index >= 15 is 0 Å². The number of pyridine rings is 1. The van der Waals surface area contributed by atoms with Crippen LogP contribution < -0.4 is 20.7 Å². The average molecular weight is 576 g/mol. The van der Waals surface area contributed by atoms with Crippen molar-refractivity contribution in [2.45, 2.75) is 18.1 Å². The molecule has 1 atom stereocenters. The maximum atomic E-state index is 12.2. The Morgan fingerprint density at radius 2 is 1.90 bits per heavy atom. The first-order valence-corrected chi connectivity index (χ1v) is 14.9. The molecule has 2 aromatic heterocycles. The molecule has 0 fully saturated rings. The lowest BCUT2D eigenvalue weighted by atomic mass is 10.2. The molecular formula is C29H33N7O2S2. The molecule has 0 bridgehead atoms. The number of carbonyl (C=O) groups excluding carboxylic acids is 1. The van der Waals surface area contributed by atoms with E-state index in [9.17, 15) is 4.79 Å². The van der Waals surface area contributed by atoms with Crippen LogP contribution in [0.25, 0.3) is 20.9 Å². The molecule has 2 amide bonds. The number of aliphatic imine (C=N–C) groups is 1. The third-order valence-corrected chi connectivity index (χ3v) is 8.35. The second-order valence-corrected chi connectivity index (χ2v) is 11.9. The number of hydrogen-bond donors (Lipinski definition) is 3. The van der Waals surface area contributed by atoms with E-state index in [1.807, 2.05) is 54.7 Å². The van der Waals surface area contributed by atoms with E-state index in [1.165, 1.54) is 0 Å². The van der Waals surface area contributed by atoms with E-state index in [0.29, 0.717) is 23.6 Å². The van der Waals surface area contributed by atoms with Crippen LogP contribution in [0.2, 0.25) is 0 Å². The Bertz CT molecular complexity index is 1440. The largest absolute Gasteiger partial charge is 0.494 e. The molecule has 0 saturated carbocycles. The summed E-state index contributed by atoms with van der Waals surface area (Å²) < 4.78 is 5.86. The van der Waals surface area contributed by atoms with Gasteiger partial charge in [-0.1, -0.05) is 41.3 Å². The van der Waals surface area contributed by atoms with Gasteiger partial charge in [0, 0.05) is 35.8 Å². The van der Waals surface area contributed by atoms with E-state index in [2.05, 4.69) is 57.1 Å². The molecule has 0 spiro atoms. The number of fused-ring (bicyclic) bond motifs is 1. The summed E-state index contributed by atoms with van der Waals surface area (Å²) in [5.74, 6) is 0.869. The van der Waals surface area contributed by atoms with Gasteiger partial charge in [-0.15, -0.1) is 0 Å². The first-order valence-electron chi connectivity index (χ1n) is 13.2. The summed E-state index contributed by atoms with van der Waals surface area (Å²) in [5, 5.41) is 11.1. The van der Waals surface area contributed by atoms with Crippen molar-refractivity contribution >= 4 is 56.0 Å². The van der Waals surface area contributed by atoms with Gasteiger partial charge in [-0.2, -0.15) is 0 Å². The van der Waals surface area contributed by atoms with Crippen molar-refractivity contribution in [1.82, 2.24) is 20.2 Å². The Kier molecular flexibility index (Phi) is 9.48. The van der Waals surface area contributed by atoms with Gasteiger partial charge in [0.15, 0.2) is 5.17 Å². The van der Waals surface area contributed by atoms with Crippen LogP contribution in [0, 0.1) is 0 Å². The quantitative estimate of drug-likeness (QED) is 0.195. The first kappa shape index (κ1) is 27.9. The summed E-state index contributed by atoms with van der Waals surface area (Å²) >= 11 is 3.18. The van der Waals surface area contributed by atoms with Crippen LogP contribution in [-0.4, -0.2) is 71.7 Å². The maximum Gasteiger partial charge on any atom is 0.325 e. The van der Waals surface area contributed by atoms with Gasteiger partial charge in [0.1, 0.15) is 21.1 Å². The van der Waals surface area contributed by atoms with Gasteiger partial charge >= 0.3 is 6.03 Å². The molecule has 1 aliphatic rings. The fourth-order valence-electron chi connectivity index (χ4n) is 4.15. The lowest BCUT2D eigenvalue weighted by Gasteiger charge is -2.11. The number of ether oxygens (including phenoxy) is 1. The van der Waals surface area contributed by atoms with Crippen molar-refractivity contribution in [3.63, 3.8) is 0 Å². The van der Waals surface area contributed by atoms with E-state index in [0.717, 1.165) is 64.0 Å². The number of para-hydroxylation sites is 1. The third-order valence-electron chi connectivity index (χ3n) is 6.17. The summed E-state index contributed by atoms with van der Waals surface area (Å²) in [5.41, 5.74) is 3.64. The summed E-state index contributed by atoms with van der Waals surface area (Å²) in [6.07, 6.45) is 3.71. The minimum Gasteiger partial charge on any atom is -0.494 e. The van der Waals surface area contributed by atoms with Crippen molar-refractivity contribution < 1.29 is 9.53 Å². The maximum absolute atomic E-state index is 12.2. The molecule has 4 aromatic rings. The average Bonchev–Trinajstić information content (AvgIpc) is 3.59. The van der Waals surface area contributed by atoms with Gasteiger partial charge in [-0.05, 0) is 69.4 Å². The molecule has 0 saturated heterocycles. The summed E-state index contributed by atoms with van der Waals surface area (Å²) in [6.45, 7) is 3.15. The zero-order valence-corrected chi connectivity index (χ0v) is 24.2. The van der Waals surface area contributed by atoms with Crippen LogP contribution in [0.15, 0.2) is 71.9 Å². The zero-order valence-electron chi connectivity index (χ0n) is 22.6. The third kappa shape index (κ3) is 7.71. The Labute approximate surface area is 242 Å². The van der Waals surface area contributed by atoms with Gasteiger partial charge in [-0.3, -0.25) is 10.3 Å². The molecule has 3 N–H and O–H groups in total. The lowest BCUT2D eigenvalue weighted by molar-refractivity contribution is 0.256. The number of carbonyl (C=O) groups is 1. The summed E-state index contributed by atoms with van der Waals surface area (Å²) in [4.78, 5) is 29.2. The number of amidine groups is 1. The van der Waals surface area contributed by atoms with Crippen molar-refractivity contribution in [3.8, 4) is 16.3 Å². The Morgan fingerprint density at radius 3 is 2.70 bits per heavy atom. The predicted molar refractivity (Wildman–Crippen MR) is 167 cm³/mol. The fraction of sp³-hybridized carbons (Fsp3) is 0.310. The Morgan fingerprint density at radius 1 is 1.07 bits per heavy atom. The number of nitrogens with one attached hydrogen (secondary N) is 3. The van der Waals surface area contributed by atoms with Crippen LogP contribution in [-0.2, 0) is 0 Å².